The van der Waals surface area contributed by atoms with Gasteiger partial charge in [-0.05, 0) is 24.5 Å². The topological polar surface area (TPSA) is 17.8 Å². The van der Waals surface area contributed by atoms with Crippen LogP contribution in [-0.2, 0) is 6.54 Å². The molecule has 102 valence electrons. The summed E-state index contributed by atoms with van der Waals surface area (Å²) in [5.41, 5.74) is 3.49. The fourth-order valence-corrected chi connectivity index (χ4v) is 2.50. The summed E-state index contributed by atoms with van der Waals surface area (Å²) in [5, 5.41) is 0. The number of rotatable bonds is 4. The van der Waals surface area contributed by atoms with Crippen LogP contribution >= 0.6 is 0 Å². The van der Waals surface area contributed by atoms with E-state index in [-0.39, 0.29) is 0 Å². The average Bonchev–Trinajstić information content (AvgIpc) is 2.84. The van der Waals surface area contributed by atoms with Crippen LogP contribution < -0.4 is 0 Å². The van der Waals surface area contributed by atoms with Gasteiger partial charge in [-0.2, -0.15) is 0 Å². The highest BCUT2D eigenvalue weighted by atomic mass is 15.1. The quantitative estimate of drug-likeness (QED) is 0.665. The second kappa shape index (κ2) is 5.49. The second-order valence-corrected chi connectivity index (χ2v) is 5.62. The van der Waals surface area contributed by atoms with Gasteiger partial charge in [-0.3, -0.25) is 0 Å². The van der Waals surface area contributed by atoms with Gasteiger partial charge in [-0.25, -0.2) is 4.98 Å². The van der Waals surface area contributed by atoms with Gasteiger partial charge < -0.3 is 4.57 Å². The maximum absolute atomic E-state index is 4.82. The van der Waals surface area contributed by atoms with E-state index in [0.717, 1.165) is 17.9 Å². The molecule has 0 aliphatic carbocycles. The van der Waals surface area contributed by atoms with E-state index in [4.69, 9.17) is 4.98 Å². The van der Waals surface area contributed by atoms with Gasteiger partial charge in [0.1, 0.15) is 5.82 Å². The maximum atomic E-state index is 4.82. The predicted molar refractivity (Wildman–Crippen MR) is 84.6 cm³/mol. The molecule has 1 aromatic heterocycles. The van der Waals surface area contributed by atoms with Crippen LogP contribution in [0.4, 0.5) is 0 Å². The number of nitrogens with zero attached hydrogens (tertiary/aromatic N) is 2. The molecule has 2 nitrogen and oxygen atoms in total. The number of benzene rings is 2. The summed E-state index contributed by atoms with van der Waals surface area (Å²) < 4.78 is 2.35. The minimum absolute atomic E-state index is 0.694. The van der Waals surface area contributed by atoms with Gasteiger partial charge in [0.05, 0.1) is 11.0 Å². The van der Waals surface area contributed by atoms with Crippen molar-refractivity contribution >= 4 is 11.0 Å². The standard InChI is InChI=1S/C18H20N2/c1-14(2)12-13-20-17-11-7-6-10-16(17)19-18(20)15-8-4-3-5-9-15/h3-11,14H,12-13H2,1-2H3. The van der Waals surface area contributed by atoms with Crippen molar-refractivity contribution in [1.82, 2.24) is 9.55 Å². The zero-order valence-corrected chi connectivity index (χ0v) is 12.1. The lowest BCUT2D eigenvalue weighted by molar-refractivity contribution is 0.525. The van der Waals surface area contributed by atoms with Crippen molar-refractivity contribution in [3.63, 3.8) is 0 Å². The number of imidazole rings is 1. The third kappa shape index (κ3) is 2.46. The van der Waals surface area contributed by atoms with Crippen LogP contribution in [0.1, 0.15) is 20.3 Å². The summed E-state index contributed by atoms with van der Waals surface area (Å²) in [4.78, 5) is 4.82. The van der Waals surface area contributed by atoms with Crippen molar-refractivity contribution in [2.45, 2.75) is 26.8 Å². The van der Waals surface area contributed by atoms with E-state index < -0.39 is 0 Å². The molecule has 0 aliphatic rings. The Hall–Kier alpha value is -2.09. The number of fused-ring (bicyclic) bond motifs is 1. The molecule has 0 saturated carbocycles. The molecule has 0 saturated heterocycles. The van der Waals surface area contributed by atoms with E-state index in [1.165, 1.54) is 17.5 Å². The molecule has 3 rings (SSSR count). The first-order chi connectivity index (χ1) is 9.75. The lowest BCUT2D eigenvalue weighted by Crippen LogP contribution is -2.03. The molecule has 20 heavy (non-hydrogen) atoms. The molecular formula is C18H20N2. The highest BCUT2D eigenvalue weighted by Gasteiger charge is 2.12. The molecule has 2 heteroatoms. The summed E-state index contributed by atoms with van der Waals surface area (Å²) in [5.74, 6) is 1.77. The van der Waals surface area contributed by atoms with Crippen LogP contribution in [0.25, 0.3) is 22.4 Å². The van der Waals surface area contributed by atoms with Crippen molar-refractivity contribution in [1.29, 1.82) is 0 Å². The summed E-state index contributed by atoms with van der Waals surface area (Å²) in [6, 6.07) is 18.8. The lowest BCUT2D eigenvalue weighted by Gasteiger charge is -2.11. The summed E-state index contributed by atoms with van der Waals surface area (Å²) in [6.07, 6.45) is 1.17. The van der Waals surface area contributed by atoms with Crippen molar-refractivity contribution in [2.24, 2.45) is 5.92 Å². The van der Waals surface area contributed by atoms with E-state index in [9.17, 15) is 0 Å². The number of aromatic nitrogens is 2. The van der Waals surface area contributed by atoms with Gasteiger partial charge in [-0.1, -0.05) is 56.3 Å². The summed E-state index contributed by atoms with van der Waals surface area (Å²) >= 11 is 0. The number of para-hydroxylation sites is 2. The van der Waals surface area contributed by atoms with E-state index >= 15 is 0 Å². The Labute approximate surface area is 120 Å². The highest BCUT2D eigenvalue weighted by Crippen LogP contribution is 2.25. The van der Waals surface area contributed by atoms with Crippen molar-refractivity contribution in [2.75, 3.05) is 0 Å². The van der Waals surface area contributed by atoms with Crippen LogP contribution in [0.2, 0.25) is 0 Å². The minimum atomic E-state index is 0.694. The Morgan fingerprint density at radius 2 is 1.65 bits per heavy atom. The molecule has 3 aromatic rings. The van der Waals surface area contributed by atoms with Gasteiger partial charge in [0.2, 0.25) is 0 Å². The number of hydrogen-bond acceptors (Lipinski definition) is 1. The van der Waals surface area contributed by atoms with Gasteiger partial charge >= 0.3 is 0 Å². The maximum Gasteiger partial charge on any atom is 0.141 e. The third-order valence-corrected chi connectivity index (χ3v) is 3.62. The van der Waals surface area contributed by atoms with Gasteiger partial charge in [-0.15, -0.1) is 0 Å². The predicted octanol–water partition coefficient (Wildman–Crippen LogP) is 4.75. The minimum Gasteiger partial charge on any atom is -0.324 e. The van der Waals surface area contributed by atoms with E-state index in [2.05, 4.69) is 66.9 Å². The molecule has 0 radical (unpaired) electrons. The normalized spacial score (nSPS) is 11.3. The van der Waals surface area contributed by atoms with Gasteiger partial charge in [0.15, 0.2) is 0 Å². The van der Waals surface area contributed by atoms with Crippen molar-refractivity contribution in [3.8, 4) is 11.4 Å². The zero-order chi connectivity index (χ0) is 13.9. The zero-order valence-electron chi connectivity index (χ0n) is 12.1. The molecule has 0 unspecified atom stereocenters. The van der Waals surface area contributed by atoms with Crippen LogP contribution in [0, 0.1) is 5.92 Å². The fraction of sp³-hybridized carbons (Fsp3) is 0.278. The Morgan fingerprint density at radius 3 is 2.40 bits per heavy atom. The van der Waals surface area contributed by atoms with Crippen LogP contribution in [0.5, 0.6) is 0 Å². The Balaban J connectivity index is 2.12. The molecule has 0 atom stereocenters. The molecular weight excluding hydrogens is 244 g/mol. The molecule has 0 bridgehead atoms. The monoisotopic (exact) mass is 264 g/mol. The Morgan fingerprint density at radius 1 is 0.950 bits per heavy atom. The third-order valence-electron chi connectivity index (χ3n) is 3.62. The van der Waals surface area contributed by atoms with E-state index in [1.54, 1.807) is 0 Å². The van der Waals surface area contributed by atoms with Gasteiger partial charge in [0, 0.05) is 12.1 Å². The smallest absolute Gasteiger partial charge is 0.141 e. The first-order valence-electron chi connectivity index (χ1n) is 7.26. The number of hydrogen-bond donors (Lipinski definition) is 0. The molecule has 1 heterocycles. The largest absolute Gasteiger partial charge is 0.324 e. The summed E-state index contributed by atoms with van der Waals surface area (Å²) in [6.45, 7) is 5.55. The lowest BCUT2D eigenvalue weighted by atomic mass is 10.1. The second-order valence-electron chi connectivity index (χ2n) is 5.62. The Kier molecular flexibility index (Phi) is 3.55. The van der Waals surface area contributed by atoms with E-state index in [0.29, 0.717) is 5.92 Å². The van der Waals surface area contributed by atoms with Crippen molar-refractivity contribution in [3.05, 3.63) is 54.6 Å². The molecule has 0 aliphatic heterocycles. The fourth-order valence-electron chi connectivity index (χ4n) is 2.50. The van der Waals surface area contributed by atoms with Gasteiger partial charge in [0.25, 0.3) is 0 Å². The molecule has 0 fully saturated rings. The number of aryl methyl sites for hydroxylation is 1. The first-order valence-corrected chi connectivity index (χ1v) is 7.26. The molecule has 2 aromatic carbocycles. The van der Waals surface area contributed by atoms with Crippen LogP contribution in [0.3, 0.4) is 0 Å². The average molecular weight is 264 g/mol. The first kappa shape index (κ1) is 12.9. The van der Waals surface area contributed by atoms with Crippen LogP contribution in [-0.4, -0.2) is 9.55 Å². The summed E-state index contributed by atoms with van der Waals surface area (Å²) in [7, 11) is 0. The van der Waals surface area contributed by atoms with Crippen LogP contribution in [0.15, 0.2) is 54.6 Å². The molecule has 0 N–H and O–H groups in total. The van der Waals surface area contributed by atoms with E-state index in [1.807, 2.05) is 6.07 Å². The molecule has 0 amide bonds. The van der Waals surface area contributed by atoms with Crippen molar-refractivity contribution < 1.29 is 0 Å². The SMILES string of the molecule is CC(C)CCn1c(-c2ccccc2)nc2ccccc21. The highest BCUT2D eigenvalue weighted by molar-refractivity contribution is 5.80. The molecule has 0 spiro atoms. The Bertz CT molecular complexity index is 696.